The van der Waals surface area contributed by atoms with Crippen LogP contribution in [0.2, 0.25) is 0 Å². The van der Waals surface area contributed by atoms with Gasteiger partial charge < -0.3 is 17.3 Å². The van der Waals surface area contributed by atoms with E-state index >= 15 is 0 Å². The molecule has 0 aliphatic carbocycles. The number of nitrogens with zero attached hydrogens (tertiary/aromatic N) is 2. The molecule has 12 heteroatoms. The zero-order valence-corrected chi connectivity index (χ0v) is 44.6. The summed E-state index contributed by atoms with van der Waals surface area (Å²) < 4.78 is 44.5. The monoisotopic (exact) mass is 1120 g/mol. The molecular weight excluding hydrogens is 1070 g/mol. The molecule has 0 N–H and O–H groups in total. The van der Waals surface area contributed by atoms with Crippen LogP contribution in [0.15, 0.2) is 303 Å². The molecule has 10 aromatic rings. The molecule has 0 bridgehead atoms. The Bertz CT molecular complexity index is 2510. The fourth-order valence-corrected chi connectivity index (χ4v) is 22.3. The topological polar surface area (TPSA) is 6.48 Å². The largest absolute Gasteiger partial charge is 1.00 e. The van der Waals surface area contributed by atoms with Crippen molar-refractivity contribution in [3.05, 3.63) is 303 Å². The first-order valence-corrected chi connectivity index (χ1v) is 29.1. The van der Waals surface area contributed by atoms with Crippen LogP contribution in [0, 0.1) is 0 Å². The standard InChI is InChI=1S/2C30H25NP2.Ag.BF4/c2*1-6-16-26(17-7-1)31(32(27-18-8-2-9-19-27)28-20-10-3-11-21-28)33(29-22-12-4-13-23-29)30-24-14-5-15-25-30;;2-1(3,4)5/h2*1-25H;;/q;;+1;-1/p+4. The van der Waals surface area contributed by atoms with Crippen molar-refractivity contribution < 1.29 is 39.6 Å². The Kier molecular flexibility index (Phi) is 20.8. The van der Waals surface area contributed by atoms with Crippen LogP contribution in [-0.4, -0.2) is 7.25 Å². The fourth-order valence-electron chi connectivity index (χ4n) is 8.36. The SMILES string of the molecule is F[B-](F)(F)F.[Ag+].c1ccc(N([PH+](c2ccccc2)c2ccccc2)[PH+](c2ccccc2)c2ccccc2)cc1.c1ccc(N([PH+](c2ccccc2)c2ccccc2)[PH+](c2ccccc2)c2ccccc2)cc1. The molecule has 0 unspecified atom stereocenters. The summed E-state index contributed by atoms with van der Waals surface area (Å²) in [6.45, 7) is 0. The molecule has 72 heavy (non-hydrogen) atoms. The van der Waals surface area contributed by atoms with E-state index in [-0.39, 0.29) is 22.4 Å². The number of para-hydroxylation sites is 2. The van der Waals surface area contributed by atoms with Crippen LogP contribution in [0.5, 0.6) is 0 Å². The third-order valence-electron chi connectivity index (χ3n) is 11.3. The van der Waals surface area contributed by atoms with Gasteiger partial charge in [-0.3, -0.25) is 0 Å². The molecule has 0 aliphatic heterocycles. The third-order valence-corrected chi connectivity index (χ3v) is 23.8. The summed E-state index contributed by atoms with van der Waals surface area (Å²) in [5, 5.41) is 11.2. The number of rotatable bonds is 14. The average molecular weight is 1120 g/mol. The van der Waals surface area contributed by atoms with Crippen molar-refractivity contribution in [2.24, 2.45) is 0 Å². The fraction of sp³-hybridized carbons (Fsp3) is 0. The van der Waals surface area contributed by atoms with Gasteiger partial charge in [0.15, 0.2) is 32.3 Å². The number of halogens is 4. The second-order valence-corrected chi connectivity index (χ2v) is 26.3. The maximum atomic E-state index is 9.75. The zero-order valence-electron chi connectivity index (χ0n) is 39.2. The Morgan fingerprint density at radius 2 is 0.319 bits per heavy atom. The molecule has 0 radical (unpaired) electrons. The van der Waals surface area contributed by atoms with E-state index in [1.54, 1.807) is 0 Å². The Hall–Kier alpha value is -5.95. The summed E-state index contributed by atoms with van der Waals surface area (Å²) in [6, 6.07) is 110. The van der Waals surface area contributed by atoms with Crippen molar-refractivity contribution in [2.45, 2.75) is 0 Å². The maximum absolute atomic E-state index is 9.75. The number of anilines is 2. The van der Waals surface area contributed by atoms with Crippen molar-refractivity contribution in [2.75, 3.05) is 8.88 Å². The van der Waals surface area contributed by atoms with Crippen LogP contribution >= 0.6 is 32.3 Å². The number of benzene rings is 10. The van der Waals surface area contributed by atoms with Crippen molar-refractivity contribution in [1.82, 2.24) is 0 Å². The first kappa shape index (κ1) is 53.8. The number of hydrogen-bond acceptors (Lipinski definition) is 2. The zero-order chi connectivity index (χ0) is 49.1. The van der Waals surface area contributed by atoms with Crippen LogP contribution in [0.3, 0.4) is 0 Å². The first-order chi connectivity index (χ1) is 34.8. The minimum Gasteiger partial charge on any atom is -0.418 e. The van der Waals surface area contributed by atoms with Gasteiger partial charge in [-0.05, 0) is 121 Å². The van der Waals surface area contributed by atoms with E-state index in [4.69, 9.17) is 0 Å². The van der Waals surface area contributed by atoms with Gasteiger partial charge in [-0.1, -0.05) is 182 Å². The van der Waals surface area contributed by atoms with Crippen LogP contribution in [0.4, 0.5) is 28.6 Å². The predicted molar refractivity (Wildman–Crippen MR) is 310 cm³/mol. The Morgan fingerprint density at radius 3 is 0.444 bits per heavy atom. The van der Waals surface area contributed by atoms with Gasteiger partial charge in [0.1, 0.15) is 53.8 Å². The Morgan fingerprint density at radius 1 is 0.208 bits per heavy atom. The first-order valence-electron chi connectivity index (χ1n) is 23.3. The van der Waals surface area contributed by atoms with Crippen molar-refractivity contribution in [3.8, 4) is 0 Å². The molecule has 0 saturated heterocycles. The molecule has 0 aliphatic rings. The molecule has 0 aromatic heterocycles. The van der Waals surface area contributed by atoms with Gasteiger partial charge >= 0.3 is 29.6 Å². The Balaban J connectivity index is 0.000000191. The van der Waals surface area contributed by atoms with Gasteiger partial charge in [-0.2, -0.15) is 0 Å². The summed E-state index contributed by atoms with van der Waals surface area (Å²) in [6.07, 6.45) is 0. The van der Waals surface area contributed by atoms with Gasteiger partial charge in [-0.15, -0.1) is 8.88 Å². The molecule has 0 heterocycles. The number of hydrogen-bond donors (Lipinski definition) is 0. The second-order valence-electron chi connectivity index (χ2n) is 16.2. The van der Waals surface area contributed by atoms with Crippen LogP contribution in [0.1, 0.15) is 0 Å². The summed E-state index contributed by atoms with van der Waals surface area (Å²) in [7, 11) is -11.2. The molecule has 362 valence electrons. The van der Waals surface area contributed by atoms with E-state index in [2.05, 4.69) is 312 Å². The van der Waals surface area contributed by atoms with Crippen LogP contribution in [0.25, 0.3) is 0 Å². The molecule has 0 spiro atoms. The van der Waals surface area contributed by atoms with E-state index < -0.39 is 39.5 Å². The van der Waals surface area contributed by atoms with Crippen LogP contribution in [-0.2, 0) is 22.4 Å². The predicted octanol–water partition coefficient (Wildman–Crippen LogP) is 13.4. The summed E-state index contributed by atoms with van der Waals surface area (Å²) in [4.78, 5) is 0. The summed E-state index contributed by atoms with van der Waals surface area (Å²) in [5.41, 5.74) is 2.56. The van der Waals surface area contributed by atoms with E-state index in [0.717, 1.165) is 0 Å². The van der Waals surface area contributed by atoms with E-state index in [9.17, 15) is 17.3 Å². The minimum absolute atomic E-state index is 0. The third kappa shape index (κ3) is 15.1. The molecule has 2 nitrogen and oxygen atoms in total. The second kappa shape index (κ2) is 27.8. The maximum Gasteiger partial charge on any atom is 1.00 e. The van der Waals surface area contributed by atoms with Gasteiger partial charge in [-0.25, -0.2) is 0 Å². The van der Waals surface area contributed by atoms with Gasteiger partial charge in [0.25, 0.3) is 0 Å². The van der Waals surface area contributed by atoms with E-state index in [1.165, 1.54) is 53.8 Å². The smallest absolute Gasteiger partial charge is 0.418 e. The van der Waals surface area contributed by atoms with Crippen molar-refractivity contribution >= 4 is 93.4 Å². The molecule has 10 aromatic carbocycles. The summed E-state index contributed by atoms with van der Waals surface area (Å²) >= 11 is 0. The molecule has 10 rings (SSSR count). The molecule has 0 amide bonds. The van der Waals surface area contributed by atoms with Gasteiger partial charge in [0.2, 0.25) is 0 Å². The normalized spacial score (nSPS) is 10.9. The Labute approximate surface area is 442 Å². The van der Waals surface area contributed by atoms with Crippen molar-refractivity contribution in [3.63, 3.8) is 0 Å². The summed E-state index contributed by atoms with van der Waals surface area (Å²) in [5.74, 6) is 0. The minimum atomic E-state index is -6.00. The molecule has 0 fully saturated rings. The molecule has 0 atom stereocenters. The van der Waals surface area contributed by atoms with E-state index in [1.807, 2.05) is 0 Å². The molecular formula is C60H54AgBF4N2P4+4. The van der Waals surface area contributed by atoms with Gasteiger partial charge in [0, 0.05) is 0 Å². The average Bonchev–Trinajstić information content (AvgIpc) is 3.43. The van der Waals surface area contributed by atoms with Gasteiger partial charge in [0.05, 0.1) is 0 Å². The quantitative estimate of drug-likeness (QED) is 0.0608. The van der Waals surface area contributed by atoms with E-state index in [0.29, 0.717) is 0 Å². The molecule has 0 saturated carbocycles. The van der Waals surface area contributed by atoms with Crippen LogP contribution < -0.4 is 51.3 Å². The van der Waals surface area contributed by atoms with Crippen molar-refractivity contribution in [1.29, 1.82) is 0 Å².